The molecule has 0 atom stereocenters. The molecule has 0 bridgehead atoms. The first kappa shape index (κ1) is 11.5. The Morgan fingerprint density at radius 1 is 1.33 bits per heavy atom. The molecule has 0 aliphatic rings. The van der Waals surface area contributed by atoms with Gasteiger partial charge in [0.05, 0.1) is 11.1 Å². The maximum atomic E-state index is 12.3. The predicted molar refractivity (Wildman–Crippen MR) is 47.3 cm³/mol. The monoisotopic (exact) mass is 218 g/mol. The second-order valence-electron chi connectivity index (χ2n) is 3.16. The molecular weight excluding hydrogens is 209 g/mol. The fourth-order valence-electron chi connectivity index (χ4n) is 0.970. The number of nitrogens with zero attached hydrogens (tertiary/aromatic N) is 2. The Morgan fingerprint density at radius 2 is 1.93 bits per heavy atom. The van der Waals surface area contributed by atoms with Crippen LogP contribution in [0.5, 0.6) is 0 Å². The second kappa shape index (κ2) is 3.88. The minimum Gasteiger partial charge on any atom is -0.345 e. The van der Waals surface area contributed by atoms with Crippen molar-refractivity contribution in [2.45, 2.75) is 6.18 Å². The summed E-state index contributed by atoms with van der Waals surface area (Å²) in [4.78, 5) is 15.9. The van der Waals surface area contributed by atoms with Crippen LogP contribution in [0, 0.1) is 0 Å². The average molecular weight is 218 g/mol. The van der Waals surface area contributed by atoms with Crippen LogP contribution in [0.4, 0.5) is 13.2 Å². The predicted octanol–water partition coefficient (Wildman–Crippen LogP) is 1.80. The van der Waals surface area contributed by atoms with Crippen molar-refractivity contribution >= 4 is 5.91 Å². The molecule has 82 valence electrons. The van der Waals surface area contributed by atoms with E-state index >= 15 is 0 Å². The van der Waals surface area contributed by atoms with E-state index in [1.54, 1.807) is 0 Å². The number of alkyl halides is 3. The molecule has 1 amide bonds. The van der Waals surface area contributed by atoms with E-state index in [0.29, 0.717) is 6.20 Å². The number of aromatic nitrogens is 1. The molecule has 0 saturated heterocycles. The maximum Gasteiger partial charge on any atom is 0.417 e. The van der Waals surface area contributed by atoms with Gasteiger partial charge in [-0.3, -0.25) is 9.78 Å². The van der Waals surface area contributed by atoms with Crippen molar-refractivity contribution in [1.82, 2.24) is 9.88 Å². The van der Waals surface area contributed by atoms with Crippen molar-refractivity contribution in [3.8, 4) is 0 Å². The summed E-state index contributed by atoms with van der Waals surface area (Å²) in [7, 11) is 2.92. The van der Waals surface area contributed by atoms with Gasteiger partial charge >= 0.3 is 6.18 Å². The zero-order valence-corrected chi connectivity index (χ0v) is 8.17. The molecule has 0 saturated carbocycles. The van der Waals surface area contributed by atoms with Gasteiger partial charge < -0.3 is 4.90 Å². The highest BCUT2D eigenvalue weighted by Crippen LogP contribution is 2.28. The van der Waals surface area contributed by atoms with Gasteiger partial charge in [0.15, 0.2) is 0 Å². The third-order valence-electron chi connectivity index (χ3n) is 1.72. The molecule has 0 spiro atoms. The highest BCUT2D eigenvalue weighted by Gasteiger charge is 2.31. The highest BCUT2D eigenvalue weighted by atomic mass is 19.4. The molecule has 15 heavy (non-hydrogen) atoms. The van der Waals surface area contributed by atoms with E-state index in [1.165, 1.54) is 19.0 Å². The van der Waals surface area contributed by atoms with E-state index in [9.17, 15) is 18.0 Å². The van der Waals surface area contributed by atoms with Crippen LogP contribution >= 0.6 is 0 Å². The van der Waals surface area contributed by atoms with Gasteiger partial charge in [-0.15, -0.1) is 0 Å². The molecule has 3 nitrogen and oxygen atoms in total. The standard InChI is InChI=1S/C9H9F3N2O/c1-14(2)8(15)6-3-7(5-13-4-6)9(10,11)12/h3-5H,1-2H3. The van der Waals surface area contributed by atoms with Gasteiger partial charge in [-0.25, -0.2) is 0 Å². The first-order valence-corrected chi connectivity index (χ1v) is 4.06. The Labute approximate surface area is 84.5 Å². The number of carbonyl (C=O) groups is 1. The molecule has 1 rings (SSSR count). The summed E-state index contributed by atoms with van der Waals surface area (Å²) in [5, 5.41) is 0. The lowest BCUT2D eigenvalue weighted by molar-refractivity contribution is -0.137. The van der Waals surface area contributed by atoms with E-state index in [2.05, 4.69) is 4.98 Å². The summed E-state index contributed by atoms with van der Waals surface area (Å²) in [5.41, 5.74) is -0.995. The first-order valence-electron chi connectivity index (χ1n) is 4.06. The molecule has 1 aromatic rings. The van der Waals surface area contributed by atoms with Crippen molar-refractivity contribution in [3.05, 3.63) is 29.6 Å². The summed E-state index contributed by atoms with van der Waals surface area (Å²) in [5.74, 6) is -0.506. The van der Waals surface area contributed by atoms with Gasteiger partial charge in [-0.1, -0.05) is 0 Å². The van der Waals surface area contributed by atoms with Crippen LogP contribution < -0.4 is 0 Å². The van der Waals surface area contributed by atoms with Crippen LogP contribution in [-0.2, 0) is 6.18 Å². The Balaban J connectivity index is 3.09. The Kier molecular flexibility index (Phi) is 2.97. The zero-order valence-electron chi connectivity index (χ0n) is 8.17. The van der Waals surface area contributed by atoms with Crippen LogP contribution in [0.3, 0.4) is 0 Å². The van der Waals surface area contributed by atoms with E-state index in [1.807, 2.05) is 0 Å². The van der Waals surface area contributed by atoms with Crippen LogP contribution in [0.2, 0.25) is 0 Å². The lowest BCUT2D eigenvalue weighted by Gasteiger charge is -2.11. The van der Waals surface area contributed by atoms with E-state index in [-0.39, 0.29) is 5.56 Å². The SMILES string of the molecule is CN(C)C(=O)c1cncc(C(F)(F)F)c1. The fourth-order valence-corrected chi connectivity index (χ4v) is 0.970. The van der Waals surface area contributed by atoms with Crippen molar-refractivity contribution in [1.29, 1.82) is 0 Å². The minimum atomic E-state index is -4.48. The number of hydrogen-bond acceptors (Lipinski definition) is 2. The molecule has 1 heterocycles. The number of rotatable bonds is 1. The number of hydrogen-bond donors (Lipinski definition) is 0. The van der Waals surface area contributed by atoms with Crippen LogP contribution in [0.1, 0.15) is 15.9 Å². The molecule has 0 aliphatic heterocycles. The highest BCUT2D eigenvalue weighted by molar-refractivity contribution is 5.93. The van der Waals surface area contributed by atoms with E-state index in [0.717, 1.165) is 12.3 Å². The number of pyridine rings is 1. The molecule has 6 heteroatoms. The molecule has 0 fully saturated rings. The third kappa shape index (κ3) is 2.68. The fraction of sp³-hybridized carbons (Fsp3) is 0.333. The number of halogens is 3. The second-order valence-corrected chi connectivity index (χ2v) is 3.16. The van der Waals surface area contributed by atoms with E-state index in [4.69, 9.17) is 0 Å². The molecule has 0 aromatic carbocycles. The summed E-state index contributed by atoms with van der Waals surface area (Å²) < 4.78 is 36.8. The summed E-state index contributed by atoms with van der Waals surface area (Å²) in [6, 6.07) is 0.787. The summed E-state index contributed by atoms with van der Waals surface area (Å²) >= 11 is 0. The molecule has 0 aliphatic carbocycles. The smallest absolute Gasteiger partial charge is 0.345 e. The normalized spacial score (nSPS) is 11.3. The van der Waals surface area contributed by atoms with Crippen LogP contribution in [0.15, 0.2) is 18.5 Å². The van der Waals surface area contributed by atoms with Gasteiger partial charge in [0.1, 0.15) is 0 Å². The van der Waals surface area contributed by atoms with Crippen molar-refractivity contribution in [2.24, 2.45) is 0 Å². The molecule has 0 N–H and O–H groups in total. The molecule has 0 radical (unpaired) electrons. The number of amides is 1. The zero-order chi connectivity index (χ0) is 11.6. The Hall–Kier alpha value is -1.59. The van der Waals surface area contributed by atoms with E-state index < -0.39 is 17.6 Å². The lowest BCUT2D eigenvalue weighted by Crippen LogP contribution is -2.22. The molecule has 0 unspecified atom stereocenters. The van der Waals surface area contributed by atoms with Crippen molar-refractivity contribution in [2.75, 3.05) is 14.1 Å². The topological polar surface area (TPSA) is 33.2 Å². The van der Waals surface area contributed by atoms with Gasteiger partial charge in [0.25, 0.3) is 5.91 Å². The van der Waals surface area contributed by atoms with Gasteiger partial charge in [0.2, 0.25) is 0 Å². The lowest BCUT2D eigenvalue weighted by atomic mass is 10.2. The average Bonchev–Trinajstić information content (AvgIpc) is 2.15. The first-order chi connectivity index (χ1) is 6.82. The molecule has 1 aromatic heterocycles. The minimum absolute atomic E-state index is 0.0742. The molecular formula is C9H9F3N2O. The van der Waals surface area contributed by atoms with Crippen LogP contribution in [0.25, 0.3) is 0 Å². The summed E-state index contributed by atoms with van der Waals surface area (Å²) in [6.07, 6.45) is -2.68. The third-order valence-corrected chi connectivity index (χ3v) is 1.72. The van der Waals surface area contributed by atoms with Crippen LogP contribution in [-0.4, -0.2) is 29.9 Å². The Bertz CT molecular complexity index is 374. The van der Waals surface area contributed by atoms with Crippen molar-refractivity contribution < 1.29 is 18.0 Å². The van der Waals surface area contributed by atoms with Gasteiger partial charge in [-0.05, 0) is 6.07 Å². The van der Waals surface area contributed by atoms with Crippen molar-refractivity contribution in [3.63, 3.8) is 0 Å². The quantitative estimate of drug-likeness (QED) is 0.720. The van der Waals surface area contributed by atoms with Gasteiger partial charge in [-0.2, -0.15) is 13.2 Å². The number of carbonyl (C=O) groups excluding carboxylic acids is 1. The Morgan fingerprint density at radius 3 is 2.40 bits per heavy atom. The largest absolute Gasteiger partial charge is 0.417 e. The maximum absolute atomic E-state index is 12.3. The summed E-state index contributed by atoms with van der Waals surface area (Å²) in [6.45, 7) is 0. The van der Waals surface area contributed by atoms with Gasteiger partial charge in [0, 0.05) is 26.5 Å².